The summed E-state index contributed by atoms with van der Waals surface area (Å²) in [6.07, 6.45) is 0.615. The molecule has 0 spiro atoms. The molecule has 3 aromatic rings. The highest BCUT2D eigenvalue weighted by atomic mass is 16.5. The lowest BCUT2D eigenvalue weighted by Crippen LogP contribution is -2.43. The van der Waals surface area contributed by atoms with Gasteiger partial charge >= 0.3 is 5.97 Å². The Hall–Kier alpha value is -3.14. The molecule has 132 valence electrons. The molecule has 4 nitrogen and oxygen atoms in total. The lowest BCUT2D eigenvalue weighted by molar-refractivity contribution is -0.145. The molecule has 0 aliphatic heterocycles. The summed E-state index contributed by atoms with van der Waals surface area (Å²) in [6.45, 7) is 0. The van der Waals surface area contributed by atoms with Crippen molar-refractivity contribution in [1.82, 2.24) is 5.32 Å². The molecule has 4 heteroatoms. The van der Waals surface area contributed by atoms with Crippen LogP contribution >= 0.6 is 0 Å². The van der Waals surface area contributed by atoms with Gasteiger partial charge in [-0.05, 0) is 21.9 Å². The molecule has 0 aliphatic carbocycles. The van der Waals surface area contributed by atoms with E-state index in [1.54, 1.807) is 0 Å². The average molecular weight is 347 g/mol. The Morgan fingerprint density at radius 3 is 2.31 bits per heavy atom. The van der Waals surface area contributed by atoms with Gasteiger partial charge in [0.25, 0.3) is 0 Å². The second kappa shape index (κ2) is 8.30. The highest BCUT2D eigenvalue weighted by Crippen LogP contribution is 2.16. The number of amides is 1. The molecule has 0 radical (unpaired) electrons. The highest BCUT2D eigenvalue weighted by Gasteiger charge is 2.22. The molecule has 0 fully saturated rings. The van der Waals surface area contributed by atoms with Crippen molar-refractivity contribution in [1.29, 1.82) is 0 Å². The monoisotopic (exact) mass is 347 g/mol. The Morgan fingerprint density at radius 1 is 0.885 bits per heavy atom. The molecular weight excluding hydrogens is 326 g/mol. The average Bonchev–Trinajstić information content (AvgIpc) is 2.67. The van der Waals surface area contributed by atoms with Crippen LogP contribution in [0.5, 0.6) is 0 Å². The molecule has 3 rings (SSSR count). The number of ether oxygens (including phenoxy) is 1. The fourth-order valence-corrected chi connectivity index (χ4v) is 2.96. The summed E-state index contributed by atoms with van der Waals surface area (Å²) in [5, 5.41) is 5.02. The summed E-state index contributed by atoms with van der Waals surface area (Å²) in [5.41, 5.74) is 1.87. The van der Waals surface area contributed by atoms with Gasteiger partial charge in [-0.25, -0.2) is 4.79 Å². The lowest BCUT2D eigenvalue weighted by Gasteiger charge is -2.17. The normalized spacial score (nSPS) is 11.7. The van der Waals surface area contributed by atoms with Crippen LogP contribution in [0.2, 0.25) is 0 Å². The van der Waals surface area contributed by atoms with Crippen LogP contribution in [0.25, 0.3) is 10.8 Å². The number of fused-ring (bicyclic) bond motifs is 1. The van der Waals surface area contributed by atoms with Gasteiger partial charge in [0.1, 0.15) is 6.04 Å². The van der Waals surface area contributed by atoms with Crippen LogP contribution in [0.4, 0.5) is 0 Å². The van der Waals surface area contributed by atoms with Crippen molar-refractivity contribution >= 4 is 22.6 Å². The molecule has 0 saturated carbocycles. The summed E-state index contributed by atoms with van der Waals surface area (Å²) >= 11 is 0. The van der Waals surface area contributed by atoms with Crippen molar-refractivity contribution < 1.29 is 14.3 Å². The van der Waals surface area contributed by atoms with Crippen molar-refractivity contribution in [3.05, 3.63) is 83.9 Å². The molecule has 1 N–H and O–H groups in total. The summed E-state index contributed by atoms with van der Waals surface area (Å²) in [5.74, 6) is -0.646. The molecule has 0 heterocycles. The molecule has 0 aromatic heterocycles. The van der Waals surface area contributed by atoms with E-state index in [1.165, 1.54) is 7.11 Å². The molecule has 26 heavy (non-hydrogen) atoms. The second-order valence-corrected chi connectivity index (χ2v) is 6.19. The molecule has 0 unspecified atom stereocenters. The van der Waals surface area contributed by atoms with Crippen LogP contribution < -0.4 is 5.32 Å². The Labute approximate surface area is 152 Å². The second-order valence-electron chi connectivity index (χ2n) is 6.19. The van der Waals surface area contributed by atoms with Crippen molar-refractivity contribution in [3.63, 3.8) is 0 Å². The third-order valence-corrected chi connectivity index (χ3v) is 4.28. The number of rotatable bonds is 6. The van der Waals surface area contributed by atoms with E-state index in [9.17, 15) is 9.59 Å². The summed E-state index contributed by atoms with van der Waals surface area (Å²) in [7, 11) is 1.33. The SMILES string of the molecule is COC(=O)[C@@H](Cc1ccccc1)NC(=O)Cc1ccc2ccccc2c1. The Bertz CT molecular complexity index is 905. The smallest absolute Gasteiger partial charge is 0.328 e. The van der Waals surface area contributed by atoms with Crippen molar-refractivity contribution in [2.75, 3.05) is 7.11 Å². The number of hydrogen-bond acceptors (Lipinski definition) is 3. The van der Waals surface area contributed by atoms with E-state index in [1.807, 2.05) is 72.8 Å². The van der Waals surface area contributed by atoms with Crippen molar-refractivity contribution in [2.45, 2.75) is 18.9 Å². The fourth-order valence-electron chi connectivity index (χ4n) is 2.96. The molecule has 0 saturated heterocycles. The highest BCUT2D eigenvalue weighted by molar-refractivity contribution is 5.88. The minimum Gasteiger partial charge on any atom is -0.467 e. The van der Waals surface area contributed by atoms with E-state index < -0.39 is 12.0 Å². The number of hydrogen-bond donors (Lipinski definition) is 1. The summed E-state index contributed by atoms with van der Waals surface area (Å²) in [6, 6.07) is 22.8. The molecule has 3 aromatic carbocycles. The predicted molar refractivity (Wildman–Crippen MR) is 102 cm³/mol. The number of benzene rings is 3. The maximum Gasteiger partial charge on any atom is 0.328 e. The van der Waals surface area contributed by atoms with Crippen molar-refractivity contribution in [2.24, 2.45) is 0 Å². The number of carbonyl (C=O) groups excluding carboxylic acids is 2. The first-order valence-electron chi connectivity index (χ1n) is 8.54. The van der Waals surface area contributed by atoms with Gasteiger partial charge in [0.05, 0.1) is 13.5 Å². The molecule has 1 atom stereocenters. The van der Waals surface area contributed by atoms with Crippen LogP contribution in [0.3, 0.4) is 0 Å². The van der Waals surface area contributed by atoms with E-state index in [2.05, 4.69) is 5.32 Å². The third-order valence-electron chi connectivity index (χ3n) is 4.28. The van der Waals surface area contributed by atoms with Crippen LogP contribution in [0.1, 0.15) is 11.1 Å². The number of carbonyl (C=O) groups is 2. The Morgan fingerprint density at radius 2 is 1.58 bits per heavy atom. The van der Waals surface area contributed by atoms with Gasteiger partial charge in [0.15, 0.2) is 0 Å². The molecule has 1 amide bonds. The van der Waals surface area contributed by atoms with Gasteiger partial charge in [0, 0.05) is 6.42 Å². The van der Waals surface area contributed by atoms with E-state index in [0.717, 1.165) is 21.9 Å². The minimum absolute atomic E-state index is 0.202. The molecule has 0 bridgehead atoms. The maximum atomic E-state index is 12.5. The quantitative estimate of drug-likeness (QED) is 0.696. The maximum absolute atomic E-state index is 12.5. The zero-order valence-electron chi connectivity index (χ0n) is 14.6. The predicted octanol–water partition coefficient (Wildman–Crippen LogP) is 3.28. The zero-order valence-corrected chi connectivity index (χ0v) is 14.6. The molecule has 0 aliphatic rings. The standard InChI is InChI=1S/C22H21NO3/c1-26-22(25)20(14-16-7-3-2-4-8-16)23-21(24)15-17-11-12-18-9-5-6-10-19(18)13-17/h2-13,20H,14-15H2,1H3,(H,23,24)/t20-/m1/s1. The van der Waals surface area contributed by atoms with Crippen LogP contribution in [0, 0.1) is 0 Å². The van der Waals surface area contributed by atoms with E-state index in [-0.39, 0.29) is 12.3 Å². The van der Waals surface area contributed by atoms with Gasteiger partial charge in [-0.3, -0.25) is 4.79 Å². The number of methoxy groups -OCH3 is 1. The van der Waals surface area contributed by atoms with Gasteiger partial charge < -0.3 is 10.1 Å². The van der Waals surface area contributed by atoms with E-state index >= 15 is 0 Å². The van der Waals surface area contributed by atoms with Gasteiger partial charge in [-0.15, -0.1) is 0 Å². The van der Waals surface area contributed by atoms with Gasteiger partial charge in [-0.1, -0.05) is 72.8 Å². The first-order valence-corrected chi connectivity index (χ1v) is 8.54. The largest absolute Gasteiger partial charge is 0.467 e. The number of esters is 1. The number of nitrogens with one attached hydrogen (secondary N) is 1. The van der Waals surface area contributed by atoms with E-state index in [4.69, 9.17) is 4.74 Å². The molecular formula is C22H21NO3. The lowest BCUT2D eigenvalue weighted by atomic mass is 10.0. The third kappa shape index (κ3) is 4.48. The minimum atomic E-state index is -0.699. The van der Waals surface area contributed by atoms with Crippen molar-refractivity contribution in [3.8, 4) is 0 Å². The summed E-state index contributed by atoms with van der Waals surface area (Å²) < 4.78 is 4.84. The first kappa shape index (κ1) is 17.7. The zero-order chi connectivity index (χ0) is 18.4. The fraction of sp³-hybridized carbons (Fsp3) is 0.182. The van der Waals surface area contributed by atoms with Gasteiger partial charge in [-0.2, -0.15) is 0 Å². The van der Waals surface area contributed by atoms with Gasteiger partial charge in [0.2, 0.25) is 5.91 Å². The summed E-state index contributed by atoms with van der Waals surface area (Å²) in [4.78, 5) is 24.5. The Kier molecular flexibility index (Phi) is 5.64. The topological polar surface area (TPSA) is 55.4 Å². The van der Waals surface area contributed by atoms with Crippen LogP contribution in [-0.2, 0) is 27.2 Å². The van der Waals surface area contributed by atoms with Crippen LogP contribution in [-0.4, -0.2) is 25.0 Å². The van der Waals surface area contributed by atoms with E-state index in [0.29, 0.717) is 6.42 Å². The van der Waals surface area contributed by atoms with Crippen LogP contribution in [0.15, 0.2) is 72.8 Å². The Balaban J connectivity index is 1.69. The first-order chi connectivity index (χ1) is 12.7.